The number of piperazine rings is 1. The number of tetrazole rings is 1. The third-order valence-electron chi connectivity index (χ3n) is 7.44. The Morgan fingerprint density at radius 3 is 2.55 bits per heavy atom. The van der Waals surface area contributed by atoms with E-state index in [0.717, 1.165) is 54.0 Å². The molecule has 1 saturated heterocycles. The van der Waals surface area contributed by atoms with Gasteiger partial charge in [-0.1, -0.05) is 30.3 Å². The Bertz CT molecular complexity index is 1890. The summed E-state index contributed by atoms with van der Waals surface area (Å²) < 4.78 is 6.12. The maximum Gasteiger partial charge on any atom is 0.228 e. The molecule has 4 aromatic heterocycles. The lowest BCUT2D eigenvalue weighted by Gasteiger charge is -2.39. The lowest BCUT2D eigenvalue weighted by molar-refractivity contribution is -0.114. The fourth-order valence-electron chi connectivity index (χ4n) is 5.56. The average molecular weight is 561 g/mol. The predicted molar refractivity (Wildman–Crippen MR) is 158 cm³/mol. The van der Waals surface area contributed by atoms with Crippen LogP contribution in [0.1, 0.15) is 24.4 Å². The molecule has 1 amide bonds. The molecule has 1 fully saturated rings. The largest absolute Gasteiger partial charge is 0.436 e. The summed E-state index contributed by atoms with van der Waals surface area (Å²) in [5.41, 5.74) is 4.73. The number of fused-ring (bicyclic) bond motifs is 2. The normalized spacial score (nSPS) is 14.9. The summed E-state index contributed by atoms with van der Waals surface area (Å²) >= 11 is 0. The number of pyridine rings is 2. The number of benzene rings is 2. The maximum absolute atomic E-state index is 11.5. The van der Waals surface area contributed by atoms with Crippen LogP contribution in [0.3, 0.4) is 0 Å². The topological polar surface area (TPSA) is 131 Å². The molecular formula is C30H28N10O2. The van der Waals surface area contributed by atoms with Crippen molar-refractivity contribution in [3.05, 3.63) is 84.4 Å². The van der Waals surface area contributed by atoms with Crippen molar-refractivity contribution in [1.29, 1.82) is 0 Å². The van der Waals surface area contributed by atoms with Gasteiger partial charge < -0.3 is 14.6 Å². The molecule has 1 N–H and O–H groups in total. The van der Waals surface area contributed by atoms with Crippen molar-refractivity contribution in [2.75, 3.05) is 36.4 Å². The minimum absolute atomic E-state index is 0.0856. The number of carbonyl (C=O) groups is 1. The van der Waals surface area contributed by atoms with E-state index >= 15 is 0 Å². The minimum Gasteiger partial charge on any atom is -0.436 e. The molecule has 1 aliphatic heterocycles. The Hall–Kier alpha value is -5.23. The van der Waals surface area contributed by atoms with Gasteiger partial charge in [-0.3, -0.25) is 14.7 Å². The second kappa shape index (κ2) is 10.6. The fraction of sp³-hybridized carbons (Fsp3) is 0.233. The highest BCUT2D eigenvalue weighted by molar-refractivity contribution is 5.99. The quantitative estimate of drug-likeness (QED) is 0.321. The second-order valence-corrected chi connectivity index (χ2v) is 10.2. The number of amides is 1. The lowest BCUT2D eigenvalue weighted by Crippen LogP contribution is -2.48. The van der Waals surface area contributed by atoms with Gasteiger partial charge in [-0.2, -0.15) is 4.80 Å². The smallest absolute Gasteiger partial charge is 0.228 e. The van der Waals surface area contributed by atoms with Crippen LogP contribution in [0.4, 0.5) is 11.5 Å². The second-order valence-electron chi connectivity index (χ2n) is 10.2. The summed E-state index contributed by atoms with van der Waals surface area (Å²) in [5.74, 6) is 1.86. The van der Waals surface area contributed by atoms with Crippen LogP contribution in [0.2, 0.25) is 0 Å². The van der Waals surface area contributed by atoms with Crippen LogP contribution in [-0.2, 0) is 11.8 Å². The number of aromatic nitrogens is 7. The number of hydrogen-bond acceptors (Lipinski definition) is 10. The first-order valence-corrected chi connectivity index (χ1v) is 13.7. The highest BCUT2D eigenvalue weighted by atomic mass is 16.3. The van der Waals surface area contributed by atoms with Gasteiger partial charge in [0.25, 0.3) is 0 Å². The zero-order valence-corrected chi connectivity index (χ0v) is 23.2. The van der Waals surface area contributed by atoms with Gasteiger partial charge in [0.05, 0.1) is 13.1 Å². The first-order valence-electron chi connectivity index (χ1n) is 13.7. The first kappa shape index (κ1) is 25.7. The van der Waals surface area contributed by atoms with Crippen molar-refractivity contribution in [1.82, 2.24) is 40.1 Å². The Balaban J connectivity index is 1.17. The minimum atomic E-state index is -0.139. The molecule has 0 aliphatic carbocycles. The van der Waals surface area contributed by atoms with Crippen LogP contribution in [0.15, 0.2) is 77.5 Å². The van der Waals surface area contributed by atoms with E-state index in [1.807, 2.05) is 42.6 Å². The molecule has 5 heterocycles. The van der Waals surface area contributed by atoms with E-state index in [-0.39, 0.29) is 11.9 Å². The molecular weight excluding hydrogens is 532 g/mol. The van der Waals surface area contributed by atoms with Crippen LogP contribution in [-0.4, -0.2) is 72.1 Å². The SMILES string of the molecule is CC(=O)Nc1ccc2oc(-c3ccnc4c(N5CCN(C(c6ccccc6)c6nnn(C)n6)CC5)nccc34)nc2c1. The van der Waals surface area contributed by atoms with Gasteiger partial charge in [-0.05, 0) is 41.1 Å². The first-order chi connectivity index (χ1) is 20.5. The standard InChI is InChI=1S/C30H28N10O2/c1-19(41)33-21-8-9-25-24(18-21)34-30(42-25)23-11-12-31-26-22(23)10-13-32-29(26)40-16-14-39(15-17-40)27(20-6-4-3-5-7-20)28-35-37-38(2)36-28/h3-13,18,27H,14-17H2,1-2H3,(H,33,41). The predicted octanol–water partition coefficient (Wildman–Crippen LogP) is 3.83. The Kier molecular flexibility index (Phi) is 6.51. The number of anilines is 2. The van der Waals surface area contributed by atoms with E-state index in [9.17, 15) is 4.79 Å². The van der Waals surface area contributed by atoms with Gasteiger partial charge in [0.1, 0.15) is 11.0 Å². The highest BCUT2D eigenvalue weighted by Crippen LogP contribution is 2.34. The molecule has 0 saturated carbocycles. The summed E-state index contributed by atoms with van der Waals surface area (Å²) in [4.78, 5) is 31.9. The number of carbonyl (C=O) groups excluding carboxylic acids is 1. The van der Waals surface area contributed by atoms with Gasteiger partial charge in [-0.15, -0.1) is 10.2 Å². The molecule has 1 aliphatic rings. The molecule has 2 aromatic carbocycles. The molecule has 0 spiro atoms. The molecule has 6 aromatic rings. The molecule has 210 valence electrons. The van der Waals surface area contributed by atoms with E-state index in [0.29, 0.717) is 28.5 Å². The molecule has 1 atom stereocenters. The molecule has 0 radical (unpaired) electrons. The Morgan fingerprint density at radius 2 is 1.79 bits per heavy atom. The molecule has 12 nitrogen and oxygen atoms in total. The molecule has 1 unspecified atom stereocenters. The highest BCUT2D eigenvalue weighted by Gasteiger charge is 2.30. The molecule has 42 heavy (non-hydrogen) atoms. The van der Waals surface area contributed by atoms with E-state index in [4.69, 9.17) is 19.4 Å². The van der Waals surface area contributed by atoms with Gasteiger partial charge in [0, 0.05) is 62.1 Å². The fourth-order valence-corrected chi connectivity index (χ4v) is 5.56. The summed E-state index contributed by atoms with van der Waals surface area (Å²) in [6.07, 6.45) is 3.57. The zero-order chi connectivity index (χ0) is 28.6. The summed E-state index contributed by atoms with van der Waals surface area (Å²) in [7, 11) is 1.79. The Labute approximate surface area is 241 Å². The van der Waals surface area contributed by atoms with Crippen LogP contribution in [0, 0.1) is 0 Å². The van der Waals surface area contributed by atoms with Gasteiger partial charge >= 0.3 is 0 Å². The van der Waals surface area contributed by atoms with Gasteiger partial charge in [-0.25, -0.2) is 9.97 Å². The maximum atomic E-state index is 11.5. The van der Waals surface area contributed by atoms with Crippen molar-refractivity contribution in [2.45, 2.75) is 13.0 Å². The monoisotopic (exact) mass is 560 g/mol. The van der Waals surface area contributed by atoms with Gasteiger partial charge in [0.15, 0.2) is 17.2 Å². The Morgan fingerprint density at radius 1 is 0.976 bits per heavy atom. The molecule has 0 bridgehead atoms. The van der Waals surface area contributed by atoms with Crippen LogP contribution >= 0.6 is 0 Å². The van der Waals surface area contributed by atoms with Crippen molar-refractivity contribution in [3.63, 3.8) is 0 Å². The lowest BCUT2D eigenvalue weighted by atomic mass is 10.0. The number of nitrogens with zero attached hydrogens (tertiary/aromatic N) is 9. The molecule has 12 heteroatoms. The zero-order valence-electron chi connectivity index (χ0n) is 23.2. The number of oxazole rings is 1. The van der Waals surface area contributed by atoms with Gasteiger partial charge in [0.2, 0.25) is 11.8 Å². The summed E-state index contributed by atoms with van der Waals surface area (Å²) in [5, 5.41) is 16.7. The third kappa shape index (κ3) is 4.81. The summed E-state index contributed by atoms with van der Waals surface area (Å²) in [6, 6.07) is 19.5. The van der Waals surface area contributed by atoms with Crippen molar-refractivity contribution >= 4 is 39.4 Å². The van der Waals surface area contributed by atoms with Crippen LogP contribution in [0.25, 0.3) is 33.5 Å². The number of hydrogen-bond donors (Lipinski definition) is 1. The summed E-state index contributed by atoms with van der Waals surface area (Å²) in [6.45, 7) is 4.57. The number of rotatable bonds is 6. The van der Waals surface area contributed by atoms with E-state index in [2.05, 4.69) is 42.7 Å². The average Bonchev–Trinajstić information content (AvgIpc) is 3.63. The third-order valence-corrected chi connectivity index (χ3v) is 7.44. The van der Waals surface area contributed by atoms with Crippen LogP contribution in [0.5, 0.6) is 0 Å². The van der Waals surface area contributed by atoms with E-state index in [1.54, 1.807) is 25.4 Å². The van der Waals surface area contributed by atoms with E-state index < -0.39 is 0 Å². The van der Waals surface area contributed by atoms with Crippen molar-refractivity contribution in [3.8, 4) is 11.5 Å². The van der Waals surface area contributed by atoms with Crippen molar-refractivity contribution < 1.29 is 9.21 Å². The molecule has 7 rings (SSSR count). The van der Waals surface area contributed by atoms with Crippen LogP contribution < -0.4 is 10.2 Å². The number of aryl methyl sites for hydroxylation is 1. The number of nitrogens with one attached hydrogen (secondary N) is 1. The van der Waals surface area contributed by atoms with E-state index in [1.165, 1.54) is 11.7 Å². The van der Waals surface area contributed by atoms with Crippen molar-refractivity contribution in [2.24, 2.45) is 7.05 Å².